The average molecular weight is 778 g/mol. The second kappa shape index (κ2) is 15.4. The second-order valence-corrected chi connectivity index (χ2v) is 16.1. The summed E-state index contributed by atoms with van der Waals surface area (Å²) in [6, 6.07) is 8.58. The van der Waals surface area contributed by atoms with E-state index in [1.54, 1.807) is 18.2 Å². The van der Waals surface area contributed by atoms with Crippen LogP contribution in [0.4, 0.5) is 27.4 Å². The lowest BCUT2D eigenvalue weighted by molar-refractivity contribution is -0.136. The smallest absolute Gasteiger partial charge is 0.274 e. The Morgan fingerprint density at radius 2 is 1.68 bits per heavy atom. The van der Waals surface area contributed by atoms with Crippen LogP contribution in [0.3, 0.4) is 0 Å². The molecule has 0 bridgehead atoms. The van der Waals surface area contributed by atoms with Crippen molar-refractivity contribution in [2.45, 2.75) is 76.4 Å². The number of nitrogens with zero attached hydrogens (tertiary/aromatic N) is 8. The summed E-state index contributed by atoms with van der Waals surface area (Å²) in [5, 5.41) is 11.4. The van der Waals surface area contributed by atoms with Crippen molar-refractivity contribution in [2.24, 2.45) is 5.92 Å². The Bertz CT molecular complexity index is 2220. The van der Waals surface area contributed by atoms with Gasteiger partial charge in [0.1, 0.15) is 11.7 Å². The molecular formula is C41H48FN11O4. The summed E-state index contributed by atoms with van der Waals surface area (Å²) in [5.41, 5.74) is 9.71. The van der Waals surface area contributed by atoms with Crippen LogP contribution in [0.1, 0.15) is 90.2 Å². The number of nitrogen functional groups attached to an aromatic ring is 1. The van der Waals surface area contributed by atoms with Gasteiger partial charge in [0.2, 0.25) is 17.8 Å². The van der Waals surface area contributed by atoms with Gasteiger partial charge in [0, 0.05) is 81.1 Å². The number of hydrogen-bond acceptors (Lipinski definition) is 11. The van der Waals surface area contributed by atoms with E-state index in [2.05, 4.69) is 52.2 Å². The highest BCUT2D eigenvalue weighted by atomic mass is 19.1. The van der Waals surface area contributed by atoms with E-state index in [9.17, 15) is 19.2 Å². The number of halogens is 1. The second-order valence-electron chi connectivity index (χ2n) is 16.1. The summed E-state index contributed by atoms with van der Waals surface area (Å²) in [6.45, 7) is 6.29. The number of amides is 4. The normalized spacial score (nSPS) is 21.3. The number of aromatic nitrogens is 4. The Hall–Kier alpha value is -5.64. The van der Waals surface area contributed by atoms with Gasteiger partial charge in [0.25, 0.3) is 11.8 Å². The lowest BCUT2D eigenvalue weighted by Crippen LogP contribution is -2.52. The third kappa shape index (κ3) is 7.38. The van der Waals surface area contributed by atoms with Crippen molar-refractivity contribution in [3.05, 3.63) is 65.4 Å². The van der Waals surface area contributed by atoms with Crippen LogP contribution >= 0.6 is 0 Å². The minimum absolute atomic E-state index is 0.0289. The van der Waals surface area contributed by atoms with Crippen molar-refractivity contribution >= 4 is 57.5 Å². The summed E-state index contributed by atoms with van der Waals surface area (Å²) >= 11 is 0. The van der Waals surface area contributed by atoms with Gasteiger partial charge in [-0.05, 0) is 87.6 Å². The van der Waals surface area contributed by atoms with Crippen LogP contribution in [0.15, 0.2) is 42.7 Å². The SMILES string of the molecule is Nc1nccc(C(=O)Nc2cc3cn(C4CCN(CC5CCN(c6ccc7c(c6F)CN(C6CCC(=O)NC6=O)C7=O)CC5)CC4)nc3cc2N2CCCCC2)n1. The average Bonchev–Trinajstić information content (AvgIpc) is 3.79. The van der Waals surface area contributed by atoms with Crippen LogP contribution in [0.5, 0.6) is 0 Å². The quantitative estimate of drug-likeness (QED) is 0.220. The first-order chi connectivity index (χ1) is 27.7. The van der Waals surface area contributed by atoms with Crippen molar-refractivity contribution in [1.29, 1.82) is 0 Å². The number of piperidine rings is 4. The summed E-state index contributed by atoms with van der Waals surface area (Å²) < 4.78 is 18.1. The molecule has 4 fully saturated rings. The molecule has 1 unspecified atom stereocenters. The number of anilines is 4. The molecule has 0 spiro atoms. The van der Waals surface area contributed by atoms with Gasteiger partial charge in [0.15, 0.2) is 5.82 Å². The Balaban J connectivity index is 0.806. The van der Waals surface area contributed by atoms with Gasteiger partial charge in [-0.15, -0.1) is 0 Å². The minimum atomic E-state index is -0.769. The number of benzene rings is 2. The minimum Gasteiger partial charge on any atom is -0.370 e. The molecule has 5 aliphatic heterocycles. The molecule has 298 valence electrons. The number of fused-ring (bicyclic) bond motifs is 2. The lowest BCUT2D eigenvalue weighted by atomic mass is 9.94. The number of rotatable bonds is 8. The standard InChI is InChI=1S/C41H48FN11O4/c42-37-29-24-52(34-6-7-36(54)47-39(34)56)40(57)28(29)4-5-33(37)51-18-9-25(10-19-51)22-49-16-11-27(12-17-49)53-23-26-20-32(45-38(55)30-8-13-44-41(43)46-30)35(21-31(26)48-53)50-14-2-1-3-15-50/h4-5,8,13,20-21,23,25,27,34H,1-3,6-7,9-12,14-19,22,24H2,(H,45,55)(H2,43,44,46)(H,47,54,56). The molecule has 4 amide bonds. The molecule has 57 heavy (non-hydrogen) atoms. The largest absolute Gasteiger partial charge is 0.370 e. The number of likely N-dealkylation sites (tertiary alicyclic amines) is 1. The summed E-state index contributed by atoms with van der Waals surface area (Å²) in [5.74, 6) is -1.37. The predicted molar refractivity (Wildman–Crippen MR) is 212 cm³/mol. The van der Waals surface area contributed by atoms with Crippen LogP contribution in [0, 0.1) is 11.7 Å². The zero-order valence-electron chi connectivity index (χ0n) is 32.0. The highest BCUT2D eigenvalue weighted by molar-refractivity contribution is 6.07. The monoisotopic (exact) mass is 777 g/mol. The van der Waals surface area contributed by atoms with E-state index >= 15 is 4.39 Å². The zero-order valence-corrected chi connectivity index (χ0v) is 32.0. The maximum atomic E-state index is 16.0. The maximum absolute atomic E-state index is 16.0. The van der Waals surface area contributed by atoms with Gasteiger partial charge in [-0.1, -0.05) is 0 Å². The van der Waals surface area contributed by atoms with E-state index < -0.39 is 11.9 Å². The number of carbonyl (C=O) groups is 4. The number of imide groups is 1. The van der Waals surface area contributed by atoms with Crippen LogP contribution in [0.2, 0.25) is 0 Å². The molecule has 0 radical (unpaired) electrons. The van der Waals surface area contributed by atoms with Gasteiger partial charge < -0.3 is 30.7 Å². The van der Waals surface area contributed by atoms with Crippen molar-refractivity contribution in [2.75, 3.05) is 66.7 Å². The molecule has 1 atom stereocenters. The Morgan fingerprint density at radius 1 is 0.912 bits per heavy atom. The van der Waals surface area contributed by atoms with Crippen LogP contribution < -0.4 is 26.2 Å². The fourth-order valence-corrected chi connectivity index (χ4v) is 9.37. The third-order valence-corrected chi connectivity index (χ3v) is 12.5. The maximum Gasteiger partial charge on any atom is 0.274 e. The first-order valence-electron chi connectivity index (χ1n) is 20.3. The van der Waals surface area contributed by atoms with E-state index in [0.717, 1.165) is 107 Å². The van der Waals surface area contributed by atoms with Crippen LogP contribution in [-0.2, 0) is 16.1 Å². The Morgan fingerprint density at radius 3 is 2.44 bits per heavy atom. The van der Waals surface area contributed by atoms with Gasteiger partial charge in [-0.3, -0.25) is 29.2 Å². The van der Waals surface area contributed by atoms with E-state index in [0.29, 0.717) is 22.7 Å². The van der Waals surface area contributed by atoms with Gasteiger partial charge >= 0.3 is 0 Å². The summed E-state index contributed by atoms with van der Waals surface area (Å²) in [7, 11) is 0. The van der Waals surface area contributed by atoms with Gasteiger partial charge in [-0.2, -0.15) is 5.10 Å². The Kier molecular flexibility index (Phi) is 9.97. The number of nitrogens with one attached hydrogen (secondary N) is 2. The molecule has 4 N–H and O–H groups in total. The third-order valence-electron chi connectivity index (χ3n) is 12.5. The molecule has 5 aliphatic rings. The molecule has 4 aromatic rings. The van der Waals surface area contributed by atoms with Gasteiger partial charge in [-0.25, -0.2) is 14.4 Å². The number of carbonyl (C=O) groups excluding carboxylic acids is 4. The van der Waals surface area contributed by atoms with Gasteiger partial charge in [0.05, 0.1) is 35.2 Å². The highest BCUT2D eigenvalue weighted by Gasteiger charge is 2.41. The van der Waals surface area contributed by atoms with Crippen LogP contribution in [-0.4, -0.2) is 105 Å². The molecule has 4 saturated heterocycles. The molecule has 2 aromatic heterocycles. The van der Waals surface area contributed by atoms with E-state index in [1.165, 1.54) is 17.5 Å². The first-order valence-corrected chi connectivity index (χ1v) is 20.3. The molecule has 15 nitrogen and oxygen atoms in total. The van der Waals surface area contributed by atoms with E-state index in [1.807, 2.05) is 6.07 Å². The molecule has 0 aliphatic carbocycles. The topological polar surface area (TPSA) is 175 Å². The van der Waals surface area contributed by atoms with Crippen LogP contribution in [0.25, 0.3) is 10.9 Å². The van der Waals surface area contributed by atoms with Crippen molar-refractivity contribution in [3.63, 3.8) is 0 Å². The Labute approximate surface area is 329 Å². The zero-order chi connectivity index (χ0) is 39.2. The highest BCUT2D eigenvalue weighted by Crippen LogP contribution is 2.37. The summed E-state index contributed by atoms with van der Waals surface area (Å²) in [6.07, 6.45) is 11.3. The number of hydrogen-bond donors (Lipinski definition) is 3. The van der Waals surface area contributed by atoms with E-state index in [-0.39, 0.29) is 60.6 Å². The molecular weight excluding hydrogens is 730 g/mol. The fraction of sp³-hybridized carbons (Fsp3) is 0.488. The van der Waals surface area contributed by atoms with E-state index in [4.69, 9.17) is 10.8 Å². The van der Waals surface area contributed by atoms with Crippen molar-refractivity contribution < 1.29 is 23.6 Å². The van der Waals surface area contributed by atoms with Crippen molar-refractivity contribution in [1.82, 2.24) is 34.9 Å². The molecule has 9 rings (SSSR count). The number of nitrogens with two attached hydrogens (primary N) is 1. The molecule has 16 heteroatoms. The lowest BCUT2D eigenvalue weighted by Gasteiger charge is -2.38. The predicted octanol–water partition coefficient (Wildman–Crippen LogP) is 4.10. The molecule has 0 saturated carbocycles. The summed E-state index contributed by atoms with van der Waals surface area (Å²) in [4.78, 5) is 66.8. The van der Waals surface area contributed by atoms with Crippen molar-refractivity contribution in [3.8, 4) is 0 Å². The molecule has 2 aromatic carbocycles. The molecule has 7 heterocycles. The fourth-order valence-electron chi connectivity index (χ4n) is 9.37. The first kappa shape index (κ1) is 37.0.